The van der Waals surface area contributed by atoms with Crippen LogP contribution in [-0.4, -0.2) is 23.1 Å². The first-order valence-corrected chi connectivity index (χ1v) is 7.36. The van der Waals surface area contributed by atoms with Crippen LogP contribution in [0, 0.1) is 6.92 Å². The first-order chi connectivity index (χ1) is 8.70. The summed E-state index contributed by atoms with van der Waals surface area (Å²) in [6.45, 7) is 2.05. The number of aryl methyl sites for hydroxylation is 1. The molecule has 0 aliphatic heterocycles. The minimum atomic E-state index is -0.0752. The molecule has 0 aliphatic rings. The van der Waals surface area contributed by atoms with E-state index in [0.717, 1.165) is 21.4 Å². The number of hydrogen-bond acceptors (Lipinski definition) is 6. The number of methoxy groups -OCH3 is 1. The SMILES string of the molecule is COc1ccc(C)cc1C(N)CSc1nncs1. The third-order valence-electron chi connectivity index (χ3n) is 2.51. The molecule has 0 saturated heterocycles. The number of rotatable bonds is 5. The van der Waals surface area contributed by atoms with Crippen LogP contribution in [-0.2, 0) is 0 Å². The molecule has 0 spiro atoms. The molecule has 2 rings (SSSR count). The molecule has 96 valence electrons. The molecule has 1 atom stereocenters. The number of hydrogen-bond donors (Lipinski definition) is 1. The number of thioether (sulfide) groups is 1. The molecule has 0 fully saturated rings. The molecule has 2 N–H and O–H groups in total. The van der Waals surface area contributed by atoms with E-state index in [1.807, 2.05) is 19.1 Å². The maximum absolute atomic E-state index is 6.21. The Labute approximate surface area is 115 Å². The lowest BCUT2D eigenvalue weighted by Crippen LogP contribution is -2.14. The van der Waals surface area contributed by atoms with E-state index in [9.17, 15) is 0 Å². The molecule has 0 aliphatic carbocycles. The summed E-state index contributed by atoms with van der Waals surface area (Å²) in [5.74, 6) is 1.60. The highest BCUT2D eigenvalue weighted by atomic mass is 32.2. The van der Waals surface area contributed by atoms with Crippen molar-refractivity contribution in [2.45, 2.75) is 17.3 Å². The zero-order chi connectivity index (χ0) is 13.0. The summed E-state index contributed by atoms with van der Waals surface area (Å²) >= 11 is 3.15. The van der Waals surface area contributed by atoms with Crippen LogP contribution in [0.5, 0.6) is 5.75 Å². The summed E-state index contributed by atoms with van der Waals surface area (Å²) in [6, 6.07) is 5.98. The molecule has 1 aromatic heterocycles. The molecule has 1 unspecified atom stereocenters. The van der Waals surface area contributed by atoms with E-state index in [1.54, 1.807) is 24.4 Å². The highest BCUT2D eigenvalue weighted by Crippen LogP contribution is 2.29. The minimum absolute atomic E-state index is 0.0752. The van der Waals surface area contributed by atoms with E-state index >= 15 is 0 Å². The maximum atomic E-state index is 6.21. The Kier molecular flexibility index (Phi) is 4.57. The Morgan fingerprint density at radius 3 is 3.00 bits per heavy atom. The van der Waals surface area contributed by atoms with E-state index in [4.69, 9.17) is 10.5 Å². The van der Waals surface area contributed by atoms with Crippen LogP contribution in [0.4, 0.5) is 0 Å². The molecular formula is C12H15N3OS2. The number of ether oxygens (including phenoxy) is 1. The number of benzene rings is 1. The molecule has 0 saturated carbocycles. The molecule has 1 heterocycles. The fraction of sp³-hybridized carbons (Fsp3) is 0.333. The van der Waals surface area contributed by atoms with Gasteiger partial charge in [-0.2, -0.15) is 0 Å². The number of aromatic nitrogens is 2. The first-order valence-electron chi connectivity index (χ1n) is 5.50. The third-order valence-corrected chi connectivity index (χ3v) is 4.49. The number of nitrogens with two attached hydrogens (primary N) is 1. The molecule has 18 heavy (non-hydrogen) atoms. The largest absolute Gasteiger partial charge is 0.496 e. The Balaban J connectivity index is 2.08. The number of nitrogens with zero attached hydrogens (tertiary/aromatic N) is 2. The zero-order valence-electron chi connectivity index (χ0n) is 10.3. The first kappa shape index (κ1) is 13.3. The van der Waals surface area contributed by atoms with Gasteiger partial charge in [-0.1, -0.05) is 40.8 Å². The van der Waals surface area contributed by atoms with E-state index in [1.165, 1.54) is 16.9 Å². The van der Waals surface area contributed by atoms with Crippen molar-refractivity contribution in [1.82, 2.24) is 10.2 Å². The summed E-state index contributed by atoms with van der Waals surface area (Å²) < 4.78 is 6.29. The van der Waals surface area contributed by atoms with E-state index in [0.29, 0.717) is 0 Å². The van der Waals surface area contributed by atoms with Gasteiger partial charge in [0.05, 0.1) is 7.11 Å². The summed E-state index contributed by atoms with van der Waals surface area (Å²) in [7, 11) is 1.67. The minimum Gasteiger partial charge on any atom is -0.496 e. The van der Waals surface area contributed by atoms with Gasteiger partial charge in [0.15, 0.2) is 4.34 Å². The normalized spacial score (nSPS) is 12.4. The van der Waals surface area contributed by atoms with E-state index in [-0.39, 0.29) is 6.04 Å². The summed E-state index contributed by atoms with van der Waals surface area (Å²) in [6.07, 6.45) is 0. The van der Waals surface area contributed by atoms with Gasteiger partial charge in [0.25, 0.3) is 0 Å². The highest BCUT2D eigenvalue weighted by Gasteiger charge is 2.13. The van der Waals surface area contributed by atoms with E-state index < -0.39 is 0 Å². The standard InChI is InChI=1S/C12H15N3OS2/c1-8-3-4-11(16-2)9(5-8)10(13)6-17-12-15-14-7-18-12/h3-5,7,10H,6,13H2,1-2H3. The van der Waals surface area contributed by atoms with Crippen LogP contribution in [0.3, 0.4) is 0 Å². The second-order valence-electron chi connectivity index (χ2n) is 3.87. The van der Waals surface area contributed by atoms with Gasteiger partial charge in [-0.25, -0.2) is 0 Å². The zero-order valence-corrected chi connectivity index (χ0v) is 11.9. The Morgan fingerprint density at radius 2 is 2.33 bits per heavy atom. The Bertz CT molecular complexity index is 502. The van der Waals surface area contributed by atoms with Crippen molar-refractivity contribution < 1.29 is 4.74 Å². The summed E-state index contributed by atoms with van der Waals surface area (Å²) in [5, 5.41) is 7.79. The average Bonchev–Trinajstić information content (AvgIpc) is 2.89. The lowest BCUT2D eigenvalue weighted by molar-refractivity contribution is 0.407. The van der Waals surface area contributed by atoms with Gasteiger partial charge >= 0.3 is 0 Å². The smallest absolute Gasteiger partial charge is 0.174 e. The van der Waals surface area contributed by atoms with Gasteiger partial charge in [-0.05, 0) is 13.0 Å². The fourth-order valence-corrected chi connectivity index (χ4v) is 3.11. The molecule has 2 aromatic rings. The van der Waals surface area contributed by atoms with Crippen molar-refractivity contribution in [3.05, 3.63) is 34.8 Å². The second kappa shape index (κ2) is 6.17. The summed E-state index contributed by atoms with van der Waals surface area (Å²) in [4.78, 5) is 0. The third kappa shape index (κ3) is 3.22. The van der Waals surface area contributed by atoms with Crippen molar-refractivity contribution in [2.75, 3.05) is 12.9 Å². The van der Waals surface area contributed by atoms with Crippen LogP contribution >= 0.6 is 23.1 Å². The van der Waals surface area contributed by atoms with Crippen LogP contribution in [0.2, 0.25) is 0 Å². The molecule has 1 aromatic carbocycles. The highest BCUT2D eigenvalue weighted by molar-refractivity contribution is 8.01. The average molecular weight is 281 g/mol. The fourth-order valence-electron chi connectivity index (χ4n) is 1.62. The molecule has 0 amide bonds. The lowest BCUT2D eigenvalue weighted by Gasteiger charge is -2.15. The Hall–Kier alpha value is -1.11. The Morgan fingerprint density at radius 1 is 1.50 bits per heavy atom. The van der Waals surface area contributed by atoms with Gasteiger partial charge < -0.3 is 10.5 Å². The van der Waals surface area contributed by atoms with Crippen LogP contribution in [0.1, 0.15) is 17.2 Å². The predicted octanol–water partition coefficient (Wildman–Crippen LogP) is 2.65. The van der Waals surface area contributed by atoms with Gasteiger partial charge in [-0.15, -0.1) is 10.2 Å². The van der Waals surface area contributed by atoms with Crippen molar-refractivity contribution >= 4 is 23.1 Å². The monoisotopic (exact) mass is 281 g/mol. The van der Waals surface area contributed by atoms with Gasteiger partial charge in [0, 0.05) is 17.4 Å². The van der Waals surface area contributed by atoms with Gasteiger partial charge in [-0.3, -0.25) is 0 Å². The maximum Gasteiger partial charge on any atom is 0.174 e. The van der Waals surface area contributed by atoms with Crippen molar-refractivity contribution in [3.8, 4) is 5.75 Å². The van der Waals surface area contributed by atoms with Crippen LogP contribution in [0.25, 0.3) is 0 Å². The molecule has 0 radical (unpaired) electrons. The molecule has 0 bridgehead atoms. The summed E-state index contributed by atoms with van der Waals surface area (Å²) in [5.41, 5.74) is 10.2. The topological polar surface area (TPSA) is 61.0 Å². The van der Waals surface area contributed by atoms with Crippen molar-refractivity contribution in [2.24, 2.45) is 5.73 Å². The van der Waals surface area contributed by atoms with Crippen molar-refractivity contribution in [1.29, 1.82) is 0 Å². The predicted molar refractivity (Wildman–Crippen MR) is 75.3 cm³/mol. The van der Waals surface area contributed by atoms with Gasteiger partial charge in [0.2, 0.25) is 0 Å². The van der Waals surface area contributed by atoms with Crippen LogP contribution < -0.4 is 10.5 Å². The van der Waals surface area contributed by atoms with E-state index in [2.05, 4.69) is 16.3 Å². The second-order valence-corrected chi connectivity index (χ2v) is 5.97. The molecule has 4 nitrogen and oxygen atoms in total. The van der Waals surface area contributed by atoms with Gasteiger partial charge in [0.1, 0.15) is 11.3 Å². The molecule has 6 heteroatoms. The quantitative estimate of drug-likeness (QED) is 0.854. The van der Waals surface area contributed by atoms with Crippen LogP contribution in [0.15, 0.2) is 28.0 Å². The lowest BCUT2D eigenvalue weighted by atomic mass is 10.1. The molecular weight excluding hydrogens is 266 g/mol. The van der Waals surface area contributed by atoms with Crippen molar-refractivity contribution in [3.63, 3.8) is 0 Å².